The molecule has 4 rings (SSSR count). The van der Waals surface area contributed by atoms with Crippen molar-refractivity contribution in [1.29, 1.82) is 0 Å². The molecule has 0 aliphatic carbocycles. The molecule has 0 aromatic heterocycles. The number of nitrogens with zero attached hydrogens (tertiary/aromatic N) is 2. The third-order valence-corrected chi connectivity index (χ3v) is 9.88. The van der Waals surface area contributed by atoms with Crippen molar-refractivity contribution >= 4 is 59.4 Å². The number of amides is 2. The van der Waals surface area contributed by atoms with Crippen LogP contribution >= 0.6 is 31.9 Å². The van der Waals surface area contributed by atoms with E-state index in [1.807, 2.05) is 61.5 Å². The van der Waals surface area contributed by atoms with Gasteiger partial charge in [-0.1, -0.05) is 106 Å². The van der Waals surface area contributed by atoms with Crippen LogP contribution in [-0.2, 0) is 32.6 Å². The van der Waals surface area contributed by atoms with E-state index in [4.69, 9.17) is 0 Å². The molecule has 1 N–H and O–H groups in total. The van der Waals surface area contributed by atoms with E-state index < -0.39 is 28.5 Å². The lowest BCUT2D eigenvalue weighted by molar-refractivity contribution is -0.140. The molecule has 0 spiro atoms. The Morgan fingerprint density at radius 1 is 0.795 bits per heavy atom. The summed E-state index contributed by atoms with van der Waals surface area (Å²) in [6.45, 7) is 2.13. The van der Waals surface area contributed by atoms with Crippen molar-refractivity contribution in [3.05, 3.63) is 129 Å². The Hall–Kier alpha value is -3.47. The highest BCUT2D eigenvalue weighted by Gasteiger charge is 2.34. The molecule has 0 aliphatic rings. The van der Waals surface area contributed by atoms with Gasteiger partial charge in [-0.3, -0.25) is 13.9 Å². The van der Waals surface area contributed by atoms with Crippen molar-refractivity contribution < 1.29 is 18.0 Å². The number of nitrogens with one attached hydrogen (secondary N) is 1. The standard InChI is InChI=1S/C34H35Br2N3O4S/c1-2-3-21-37-34(41)32(23-26-11-6-4-7-12-26)38(24-27-13-10-14-29(36)22-27)33(40)25-39(30-19-17-28(35)18-20-30)44(42,43)31-15-8-5-9-16-31/h4-20,22,32H,2-3,21,23-25H2,1H3,(H,37,41)/t32-/m1/s1. The number of halogens is 2. The maximum Gasteiger partial charge on any atom is 0.264 e. The molecule has 0 fully saturated rings. The minimum absolute atomic E-state index is 0.0624. The quantitative estimate of drug-likeness (QED) is 0.142. The van der Waals surface area contributed by atoms with Crippen LogP contribution in [0.15, 0.2) is 123 Å². The molecular weight excluding hydrogens is 706 g/mol. The Morgan fingerprint density at radius 2 is 1.43 bits per heavy atom. The zero-order chi connectivity index (χ0) is 31.5. The number of sulfonamides is 1. The van der Waals surface area contributed by atoms with Gasteiger partial charge in [0.05, 0.1) is 10.6 Å². The van der Waals surface area contributed by atoms with E-state index in [1.54, 1.807) is 42.5 Å². The van der Waals surface area contributed by atoms with Crippen molar-refractivity contribution in [3.63, 3.8) is 0 Å². The molecule has 44 heavy (non-hydrogen) atoms. The Labute approximate surface area is 276 Å². The Morgan fingerprint density at radius 3 is 2.07 bits per heavy atom. The number of carbonyl (C=O) groups is 2. The molecule has 10 heteroatoms. The summed E-state index contributed by atoms with van der Waals surface area (Å²) in [5, 5.41) is 3.00. The van der Waals surface area contributed by atoms with Gasteiger partial charge < -0.3 is 10.2 Å². The lowest BCUT2D eigenvalue weighted by Crippen LogP contribution is -2.53. The van der Waals surface area contributed by atoms with Gasteiger partial charge in [-0.2, -0.15) is 0 Å². The van der Waals surface area contributed by atoms with E-state index in [9.17, 15) is 18.0 Å². The van der Waals surface area contributed by atoms with Crippen molar-refractivity contribution in [2.45, 2.75) is 43.7 Å². The predicted molar refractivity (Wildman–Crippen MR) is 182 cm³/mol. The summed E-state index contributed by atoms with van der Waals surface area (Å²) in [4.78, 5) is 29.8. The second-order valence-corrected chi connectivity index (χ2v) is 14.0. The number of rotatable bonds is 14. The van der Waals surface area contributed by atoms with Crippen molar-refractivity contribution in [3.8, 4) is 0 Å². The minimum Gasteiger partial charge on any atom is -0.354 e. The SMILES string of the molecule is CCCCNC(=O)[C@@H](Cc1ccccc1)N(Cc1cccc(Br)c1)C(=O)CN(c1ccc(Br)cc1)S(=O)(=O)c1ccccc1. The number of carbonyl (C=O) groups excluding carboxylic acids is 2. The molecule has 230 valence electrons. The summed E-state index contributed by atoms with van der Waals surface area (Å²) in [7, 11) is -4.14. The second kappa shape index (κ2) is 16.0. The first kappa shape index (κ1) is 33.4. The fourth-order valence-corrected chi connectivity index (χ4v) is 6.89. The Kier molecular flexibility index (Phi) is 12.2. The van der Waals surface area contributed by atoms with Crippen LogP contribution in [0.3, 0.4) is 0 Å². The average Bonchev–Trinajstić information content (AvgIpc) is 3.03. The van der Waals surface area contributed by atoms with E-state index in [0.29, 0.717) is 12.2 Å². The van der Waals surface area contributed by atoms with Gasteiger partial charge in [0.1, 0.15) is 12.6 Å². The fourth-order valence-electron chi connectivity index (χ4n) is 4.75. The van der Waals surface area contributed by atoms with Crippen LogP contribution in [0.5, 0.6) is 0 Å². The van der Waals surface area contributed by atoms with Crippen LogP contribution in [0.25, 0.3) is 0 Å². The van der Waals surface area contributed by atoms with Gasteiger partial charge >= 0.3 is 0 Å². The highest BCUT2D eigenvalue weighted by Crippen LogP contribution is 2.26. The molecule has 0 aliphatic heterocycles. The number of benzene rings is 4. The molecule has 0 bridgehead atoms. The summed E-state index contributed by atoms with van der Waals surface area (Å²) < 4.78 is 30.7. The molecule has 0 heterocycles. The van der Waals surface area contributed by atoms with Crippen molar-refractivity contribution in [2.24, 2.45) is 0 Å². The summed E-state index contributed by atoms with van der Waals surface area (Å²) in [5.41, 5.74) is 2.02. The number of unbranched alkanes of at least 4 members (excludes halogenated alkanes) is 1. The van der Waals surface area contributed by atoms with Crippen LogP contribution in [0.4, 0.5) is 5.69 Å². The van der Waals surface area contributed by atoms with Gasteiger partial charge in [0.25, 0.3) is 10.0 Å². The van der Waals surface area contributed by atoms with E-state index in [0.717, 1.165) is 37.2 Å². The molecule has 0 unspecified atom stereocenters. The lowest BCUT2D eigenvalue weighted by Gasteiger charge is -2.34. The van der Waals surface area contributed by atoms with E-state index >= 15 is 0 Å². The predicted octanol–water partition coefficient (Wildman–Crippen LogP) is 6.96. The molecule has 2 amide bonds. The van der Waals surface area contributed by atoms with Gasteiger partial charge in [-0.05, 0) is 66.1 Å². The molecule has 7 nitrogen and oxygen atoms in total. The molecule has 1 atom stereocenters. The minimum atomic E-state index is -4.14. The zero-order valence-corrected chi connectivity index (χ0v) is 28.4. The largest absolute Gasteiger partial charge is 0.354 e. The van der Waals surface area contributed by atoms with Crippen LogP contribution < -0.4 is 9.62 Å². The summed E-state index contributed by atoms with van der Waals surface area (Å²) in [5.74, 6) is -0.786. The maximum atomic E-state index is 14.4. The van der Waals surface area contributed by atoms with Crippen LogP contribution in [0.1, 0.15) is 30.9 Å². The molecule has 0 radical (unpaired) electrons. The smallest absolute Gasteiger partial charge is 0.264 e. The first-order chi connectivity index (χ1) is 21.2. The Balaban J connectivity index is 1.78. The summed E-state index contributed by atoms with van der Waals surface area (Å²) in [6, 6.07) is 30.9. The van der Waals surface area contributed by atoms with E-state index in [2.05, 4.69) is 37.2 Å². The third kappa shape index (κ3) is 9.03. The zero-order valence-electron chi connectivity index (χ0n) is 24.4. The van der Waals surface area contributed by atoms with Gasteiger partial charge in [0.2, 0.25) is 11.8 Å². The lowest BCUT2D eigenvalue weighted by atomic mass is 10.0. The normalized spacial score (nSPS) is 11.9. The van der Waals surface area contributed by atoms with E-state index in [-0.39, 0.29) is 23.8 Å². The first-order valence-electron chi connectivity index (χ1n) is 14.4. The maximum absolute atomic E-state index is 14.4. The molecule has 4 aromatic carbocycles. The molecule has 0 saturated carbocycles. The Bertz CT molecular complexity index is 1640. The van der Waals surface area contributed by atoms with Gasteiger partial charge in [0.15, 0.2) is 0 Å². The average molecular weight is 742 g/mol. The van der Waals surface area contributed by atoms with Crippen LogP contribution in [0, 0.1) is 0 Å². The number of hydrogen-bond acceptors (Lipinski definition) is 4. The molecular formula is C34H35Br2N3O4S. The number of hydrogen-bond donors (Lipinski definition) is 1. The highest BCUT2D eigenvalue weighted by molar-refractivity contribution is 9.10. The topological polar surface area (TPSA) is 86.8 Å². The van der Waals surface area contributed by atoms with Gasteiger partial charge in [-0.15, -0.1) is 0 Å². The molecule has 0 saturated heterocycles. The van der Waals surface area contributed by atoms with E-state index in [1.165, 1.54) is 17.0 Å². The van der Waals surface area contributed by atoms with Gasteiger partial charge in [0, 0.05) is 28.5 Å². The second-order valence-electron chi connectivity index (χ2n) is 10.3. The van der Waals surface area contributed by atoms with Crippen LogP contribution in [-0.4, -0.2) is 44.3 Å². The highest BCUT2D eigenvalue weighted by atomic mass is 79.9. The first-order valence-corrected chi connectivity index (χ1v) is 17.4. The fraction of sp³-hybridized carbons (Fsp3) is 0.235. The van der Waals surface area contributed by atoms with Crippen molar-refractivity contribution in [1.82, 2.24) is 10.2 Å². The van der Waals surface area contributed by atoms with Crippen molar-refractivity contribution in [2.75, 3.05) is 17.4 Å². The van der Waals surface area contributed by atoms with Gasteiger partial charge in [-0.25, -0.2) is 8.42 Å². The number of anilines is 1. The van der Waals surface area contributed by atoms with Crippen LogP contribution in [0.2, 0.25) is 0 Å². The third-order valence-electron chi connectivity index (χ3n) is 7.07. The monoisotopic (exact) mass is 739 g/mol. The molecule has 4 aromatic rings. The summed E-state index contributed by atoms with van der Waals surface area (Å²) >= 11 is 6.91. The summed E-state index contributed by atoms with van der Waals surface area (Å²) in [6.07, 6.45) is 1.97.